The summed E-state index contributed by atoms with van der Waals surface area (Å²) in [5.41, 5.74) is -1.41. The monoisotopic (exact) mass is 588 g/mol. The molecule has 0 spiro atoms. The second kappa shape index (κ2) is 10.4. The molecule has 3 aromatic carbocycles. The van der Waals surface area contributed by atoms with Crippen molar-refractivity contribution in [1.82, 2.24) is 0 Å². The average Bonchev–Trinajstić information content (AvgIpc) is 2.75. The van der Waals surface area contributed by atoms with Crippen LogP contribution in [0, 0.1) is 23.3 Å². The van der Waals surface area contributed by atoms with Crippen molar-refractivity contribution in [1.29, 1.82) is 0 Å². The first-order valence-corrected chi connectivity index (χ1v) is 10.5. The minimum atomic E-state index is -5.63. The van der Waals surface area contributed by atoms with Crippen LogP contribution < -0.4 is 10.2 Å². The molecule has 0 aliphatic carbocycles. The van der Waals surface area contributed by atoms with E-state index in [1.165, 1.54) is 18.2 Å². The maximum Gasteiger partial charge on any atom is 0.422 e. The van der Waals surface area contributed by atoms with Crippen LogP contribution in [-0.2, 0) is 12.8 Å². The van der Waals surface area contributed by atoms with Crippen LogP contribution in [0.1, 0.15) is 16.7 Å². The van der Waals surface area contributed by atoms with Gasteiger partial charge in [-0.2, -0.15) is 18.3 Å². The summed E-state index contributed by atoms with van der Waals surface area (Å²) in [7, 11) is 0. The second-order valence-corrected chi connectivity index (χ2v) is 8.27. The molecule has 34 heavy (non-hydrogen) atoms. The van der Waals surface area contributed by atoms with Crippen molar-refractivity contribution in [2.45, 2.75) is 12.8 Å². The van der Waals surface area contributed by atoms with Gasteiger partial charge in [-0.1, -0.05) is 29.3 Å². The lowest BCUT2D eigenvalue weighted by Crippen LogP contribution is -2.16. The normalized spacial score (nSPS) is 11.8. The zero-order valence-electron chi connectivity index (χ0n) is 16.4. The van der Waals surface area contributed by atoms with E-state index < -0.39 is 40.7 Å². The van der Waals surface area contributed by atoms with E-state index in [0.29, 0.717) is 25.8 Å². The van der Waals surface area contributed by atoms with Crippen LogP contribution in [0.25, 0.3) is 0 Å². The molecule has 0 radical (unpaired) electrons. The molecule has 0 fully saturated rings. The fourth-order valence-corrected chi connectivity index (χ4v) is 3.49. The van der Waals surface area contributed by atoms with Gasteiger partial charge in [0.15, 0.2) is 23.3 Å². The number of rotatable bonds is 6. The van der Waals surface area contributed by atoms with E-state index in [0.717, 1.165) is 11.8 Å². The summed E-state index contributed by atoms with van der Waals surface area (Å²) < 4.78 is 99.1. The number of nitrogens with zero attached hydrogens (tertiary/aromatic N) is 1. The number of alkyl halides is 3. The molecule has 0 aromatic heterocycles. The van der Waals surface area contributed by atoms with Gasteiger partial charge < -0.3 is 4.74 Å². The van der Waals surface area contributed by atoms with E-state index in [1.807, 2.05) is 0 Å². The third-order valence-electron chi connectivity index (χ3n) is 4.27. The molecule has 0 saturated heterocycles. The SMILES string of the molecule is Fc1c(F)c(C(F)(F)F)c(F)c(F)c1N/N=C\c1ccc(OCc2ccc(Cl)c(Cl)c2)c(Br)c1. The fourth-order valence-electron chi connectivity index (χ4n) is 2.66. The Kier molecular flexibility index (Phi) is 7.99. The maximum atomic E-state index is 13.9. The molecule has 0 bridgehead atoms. The highest BCUT2D eigenvalue weighted by Crippen LogP contribution is 2.38. The Hall–Kier alpha value is -2.50. The molecule has 0 aliphatic rings. The lowest BCUT2D eigenvalue weighted by molar-refractivity contribution is -0.143. The summed E-state index contributed by atoms with van der Waals surface area (Å²) in [4.78, 5) is 0. The van der Waals surface area contributed by atoms with Crippen molar-refractivity contribution in [3.05, 3.63) is 90.9 Å². The van der Waals surface area contributed by atoms with E-state index in [-0.39, 0.29) is 6.61 Å². The Morgan fingerprint density at radius 3 is 2.12 bits per heavy atom. The van der Waals surface area contributed by atoms with Gasteiger partial charge in [0.05, 0.1) is 20.7 Å². The number of ether oxygens (including phenoxy) is 1. The Labute approximate surface area is 206 Å². The predicted octanol–water partition coefficient (Wildman–Crippen LogP) is 8.36. The number of anilines is 1. The predicted molar refractivity (Wildman–Crippen MR) is 117 cm³/mol. The highest BCUT2D eigenvalue weighted by atomic mass is 79.9. The van der Waals surface area contributed by atoms with Crippen LogP contribution in [0.4, 0.5) is 36.4 Å². The van der Waals surface area contributed by atoms with E-state index >= 15 is 0 Å². The molecule has 0 aliphatic heterocycles. The standard InChI is InChI=1S/C21H10BrCl2F7N2O/c22-11-5-9(2-4-14(11)34-8-10-1-3-12(23)13(24)6-10)7-32-33-20-18(27)16(25)15(21(29,30)31)17(26)19(20)28/h1-7,33H,8H2/b32-7-. The van der Waals surface area contributed by atoms with Gasteiger partial charge in [-0.3, -0.25) is 5.43 Å². The first-order valence-electron chi connectivity index (χ1n) is 8.98. The minimum absolute atomic E-state index is 0.161. The molecule has 3 aromatic rings. The van der Waals surface area contributed by atoms with Crippen LogP contribution in [0.2, 0.25) is 10.0 Å². The van der Waals surface area contributed by atoms with Gasteiger partial charge in [0.1, 0.15) is 23.6 Å². The zero-order chi connectivity index (χ0) is 25.2. The highest BCUT2D eigenvalue weighted by Gasteiger charge is 2.42. The summed E-state index contributed by atoms with van der Waals surface area (Å²) in [6.45, 7) is 0.161. The fraction of sp³-hybridized carbons (Fsp3) is 0.0952. The number of hydrazone groups is 1. The first-order chi connectivity index (χ1) is 15.9. The summed E-state index contributed by atoms with van der Waals surface area (Å²) in [6.07, 6.45) is -4.62. The summed E-state index contributed by atoms with van der Waals surface area (Å²) in [5.74, 6) is -9.29. The van der Waals surface area contributed by atoms with Gasteiger partial charge in [0.25, 0.3) is 0 Å². The van der Waals surface area contributed by atoms with Crippen LogP contribution in [0.5, 0.6) is 5.75 Å². The average molecular weight is 590 g/mol. The molecule has 1 N–H and O–H groups in total. The Balaban J connectivity index is 1.73. The third-order valence-corrected chi connectivity index (χ3v) is 5.63. The van der Waals surface area contributed by atoms with Crippen LogP contribution in [0.15, 0.2) is 46.0 Å². The van der Waals surface area contributed by atoms with Crippen molar-refractivity contribution in [2.75, 3.05) is 5.43 Å². The van der Waals surface area contributed by atoms with Crippen LogP contribution in [-0.4, -0.2) is 6.21 Å². The van der Waals surface area contributed by atoms with Crippen molar-refractivity contribution in [2.24, 2.45) is 5.10 Å². The molecule has 0 saturated carbocycles. The van der Waals surface area contributed by atoms with Gasteiger partial charge in [-0.05, 0) is 57.4 Å². The van der Waals surface area contributed by atoms with Gasteiger partial charge in [0.2, 0.25) is 0 Å². The Bertz CT molecular complexity index is 1240. The Morgan fingerprint density at radius 2 is 1.56 bits per heavy atom. The lowest BCUT2D eigenvalue weighted by atomic mass is 10.1. The van der Waals surface area contributed by atoms with Gasteiger partial charge in [-0.25, -0.2) is 17.6 Å². The van der Waals surface area contributed by atoms with Gasteiger partial charge >= 0.3 is 6.18 Å². The van der Waals surface area contributed by atoms with E-state index in [1.54, 1.807) is 23.6 Å². The number of halogens is 10. The first kappa shape index (κ1) is 26.1. The molecule has 13 heteroatoms. The van der Waals surface area contributed by atoms with Crippen molar-refractivity contribution >= 4 is 51.0 Å². The molecule has 180 valence electrons. The van der Waals surface area contributed by atoms with Crippen LogP contribution >= 0.6 is 39.1 Å². The molecule has 0 heterocycles. The topological polar surface area (TPSA) is 33.6 Å². The third kappa shape index (κ3) is 5.76. The molecule has 0 amide bonds. The summed E-state index contributed by atoms with van der Waals surface area (Å²) in [6, 6.07) is 9.48. The molecular formula is C21H10BrCl2F7N2O. The summed E-state index contributed by atoms with van der Waals surface area (Å²) >= 11 is 15.1. The Morgan fingerprint density at radius 1 is 0.912 bits per heavy atom. The van der Waals surface area contributed by atoms with E-state index in [2.05, 4.69) is 21.0 Å². The molecule has 3 rings (SSSR count). The number of benzene rings is 3. The van der Waals surface area contributed by atoms with Crippen molar-refractivity contribution in [3.8, 4) is 5.75 Å². The second-order valence-electron chi connectivity index (χ2n) is 6.60. The van der Waals surface area contributed by atoms with Gasteiger partial charge in [0, 0.05) is 0 Å². The largest absolute Gasteiger partial charge is 0.488 e. The van der Waals surface area contributed by atoms with Crippen molar-refractivity contribution in [3.63, 3.8) is 0 Å². The van der Waals surface area contributed by atoms with Crippen LogP contribution in [0.3, 0.4) is 0 Å². The maximum absolute atomic E-state index is 13.9. The zero-order valence-corrected chi connectivity index (χ0v) is 19.5. The summed E-state index contributed by atoms with van der Waals surface area (Å²) in [5, 5.41) is 4.19. The smallest absolute Gasteiger partial charge is 0.422 e. The lowest BCUT2D eigenvalue weighted by Gasteiger charge is -2.13. The number of hydrogen-bond donors (Lipinski definition) is 1. The van der Waals surface area contributed by atoms with E-state index in [4.69, 9.17) is 27.9 Å². The molecule has 0 unspecified atom stereocenters. The molecular weight excluding hydrogens is 580 g/mol. The van der Waals surface area contributed by atoms with Crippen molar-refractivity contribution < 1.29 is 35.5 Å². The minimum Gasteiger partial charge on any atom is -0.488 e. The highest BCUT2D eigenvalue weighted by molar-refractivity contribution is 9.10. The number of nitrogens with one attached hydrogen (secondary N) is 1. The number of hydrogen-bond acceptors (Lipinski definition) is 3. The van der Waals surface area contributed by atoms with Gasteiger partial charge in [-0.15, -0.1) is 0 Å². The molecule has 0 atom stereocenters. The molecule has 3 nitrogen and oxygen atoms in total. The van der Waals surface area contributed by atoms with E-state index in [9.17, 15) is 30.7 Å². The quantitative estimate of drug-likeness (QED) is 0.136.